The molecule has 0 aromatic heterocycles. The first-order valence-electron chi connectivity index (χ1n) is 7.91. The van der Waals surface area contributed by atoms with Crippen LogP contribution in [0.25, 0.3) is 0 Å². The molecule has 8 heteroatoms. The highest BCUT2D eigenvalue weighted by Gasteiger charge is 2.14. The van der Waals surface area contributed by atoms with E-state index >= 15 is 0 Å². The van der Waals surface area contributed by atoms with Crippen molar-refractivity contribution in [3.05, 3.63) is 60.2 Å². The number of esters is 1. The van der Waals surface area contributed by atoms with E-state index in [9.17, 15) is 18.0 Å². The maximum absolute atomic E-state index is 12.3. The molecule has 0 spiro atoms. The number of benzene rings is 2. The summed E-state index contributed by atoms with van der Waals surface area (Å²) >= 11 is 0. The Morgan fingerprint density at radius 3 is 2.27 bits per heavy atom. The van der Waals surface area contributed by atoms with Crippen LogP contribution in [-0.4, -0.2) is 33.9 Å². The second-order valence-corrected chi connectivity index (χ2v) is 7.23. The second-order valence-electron chi connectivity index (χ2n) is 5.46. The maximum atomic E-state index is 12.3. The van der Waals surface area contributed by atoms with Gasteiger partial charge in [0.2, 0.25) is 15.9 Å². The number of hydrogen-bond acceptors (Lipinski definition) is 5. The largest absolute Gasteiger partial charge is 0.469 e. The number of anilines is 1. The first-order chi connectivity index (χ1) is 12.4. The zero-order valence-corrected chi connectivity index (χ0v) is 15.1. The number of carbonyl (C=O) groups is 2. The SMILES string of the molecule is COC(=O)CC(=O)Nc1ccc(S(=O)(=O)NCCc2ccccc2)cc1. The lowest BCUT2D eigenvalue weighted by atomic mass is 10.2. The van der Waals surface area contributed by atoms with E-state index < -0.39 is 28.3 Å². The van der Waals surface area contributed by atoms with Gasteiger partial charge in [-0.3, -0.25) is 9.59 Å². The van der Waals surface area contributed by atoms with Crippen LogP contribution in [0.15, 0.2) is 59.5 Å². The van der Waals surface area contributed by atoms with Crippen LogP contribution in [-0.2, 0) is 30.8 Å². The van der Waals surface area contributed by atoms with Crippen molar-refractivity contribution in [1.82, 2.24) is 4.72 Å². The van der Waals surface area contributed by atoms with Crippen molar-refractivity contribution in [1.29, 1.82) is 0 Å². The molecule has 138 valence electrons. The lowest BCUT2D eigenvalue weighted by Gasteiger charge is -2.08. The van der Waals surface area contributed by atoms with Crippen LogP contribution < -0.4 is 10.0 Å². The van der Waals surface area contributed by atoms with Crippen LogP contribution >= 0.6 is 0 Å². The first-order valence-corrected chi connectivity index (χ1v) is 9.39. The monoisotopic (exact) mass is 376 g/mol. The van der Waals surface area contributed by atoms with E-state index in [-0.39, 0.29) is 11.4 Å². The van der Waals surface area contributed by atoms with Crippen molar-refractivity contribution in [2.45, 2.75) is 17.7 Å². The maximum Gasteiger partial charge on any atom is 0.315 e. The van der Waals surface area contributed by atoms with Crippen LogP contribution in [0.4, 0.5) is 5.69 Å². The molecule has 2 aromatic carbocycles. The fourth-order valence-electron chi connectivity index (χ4n) is 2.18. The normalized spacial score (nSPS) is 11.0. The molecule has 2 rings (SSSR count). The van der Waals surface area contributed by atoms with E-state index in [1.807, 2.05) is 30.3 Å². The average Bonchev–Trinajstić information content (AvgIpc) is 2.62. The Morgan fingerprint density at radius 1 is 1.00 bits per heavy atom. The van der Waals surface area contributed by atoms with Crippen molar-refractivity contribution in [2.24, 2.45) is 0 Å². The van der Waals surface area contributed by atoms with E-state index in [0.717, 1.165) is 5.56 Å². The Labute approximate surface area is 152 Å². The summed E-state index contributed by atoms with van der Waals surface area (Å²) in [6.45, 7) is 0.282. The van der Waals surface area contributed by atoms with E-state index in [2.05, 4.69) is 14.8 Å². The summed E-state index contributed by atoms with van der Waals surface area (Å²) in [6.07, 6.45) is 0.180. The van der Waals surface area contributed by atoms with Gasteiger partial charge in [-0.05, 0) is 36.2 Å². The number of carbonyl (C=O) groups excluding carboxylic acids is 2. The minimum Gasteiger partial charge on any atom is -0.469 e. The smallest absolute Gasteiger partial charge is 0.315 e. The van der Waals surface area contributed by atoms with Crippen LogP contribution in [0.3, 0.4) is 0 Å². The van der Waals surface area contributed by atoms with Crippen LogP contribution in [0, 0.1) is 0 Å². The molecule has 0 heterocycles. The van der Waals surface area contributed by atoms with Gasteiger partial charge in [0, 0.05) is 12.2 Å². The zero-order valence-electron chi connectivity index (χ0n) is 14.3. The Hall–Kier alpha value is -2.71. The van der Waals surface area contributed by atoms with Gasteiger partial charge >= 0.3 is 5.97 Å². The van der Waals surface area contributed by atoms with Crippen molar-refractivity contribution in [3.63, 3.8) is 0 Å². The minimum absolute atomic E-state index is 0.0940. The summed E-state index contributed by atoms with van der Waals surface area (Å²) in [6, 6.07) is 15.3. The molecule has 0 aliphatic carbocycles. The molecule has 2 aromatic rings. The zero-order chi connectivity index (χ0) is 19.0. The van der Waals surface area contributed by atoms with Gasteiger partial charge in [-0.25, -0.2) is 13.1 Å². The third-order valence-corrected chi connectivity index (χ3v) is 5.01. The Balaban J connectivity index is 1.91. The predicted octanol–water partition coefficient (Wildman–Crippen LogP) is 1.71. The van der Waals surface area contributed by atoms with Crippen molar-refractivity contribution >= 4 is 27.6 Å². The van der Waals surface area contributed by atoms with E-state index in [0.29, 0.717) is 12.1 Å². The van der Waals surface area contributed by atoms with Gasteiger partial charge in [-0.2, -0.15) is 0 Å². The minimum atomic E-state index is -3.64. The molecule has 0 aliphatic rings. The summed E-state index contributed by atoms with van der Waals surface area (Å²) in [4.78, 5) is 22.7. The number of rotatable bonds is 8. The highest BCUT2D eigenvalue weighted by molar-refractivity contribution is 7.89. The molecule has 0 saturated carbocycles. The molecule has 0 atom stereocenters. The Kier molecular flexibility index (Phi) is 6.88. The molecule has 7 nitrogen and oxygen atoms in total. The lowest BCUT2D eigenvalue weighted by Crippen LogP contribution is -2.26. The summed E-state index contributed by atoms with van der Waals surface area (Å²) in [5, 5.41) is 2.50. The number of nitrogens with one attached hydrogen (secondary N) is 2. The van der Waals surface area contributed by atoms with Gasteiger partial charge in [-0.15, -0.1) is 0 Å². The van der Waals surface area contributed by atoms with Gasteiger partial charge < -0.3 is 10.1 Å². The van der Waals surface area contributed by atoms with Gasteiger partial charge in [-0.1, -0.05) is 30.3 Å². The molecule has 0 saturated heterocycles. The topological polar surface area (TPSA) is 102 Å². The van der Waals surface area contributed by atoms with Crippen molar-refractivity contribution in [3.8, 4) is 0 Å². The lowest BCUT2D eigenvalue weighted by molar-refractivity contribution is -0.142. The number of hydrogen-bond donors (Lipinski definition) is 2. The third-order valence-electron chi connectivity index (χ3n) is 3.53. The molecule has 1 amide bonds. The van der Waals surface area contributed by atoms with Gasteiger partial charge in [0.15, 0.2) is 0 Å². The number of amides is 1. The highest BCUT2D eigenvalue weighted by Crippen LogP contribution is 2.14. The molecule has 2 N–H and O–H groups in total. The number of methoxy groups -OCH3 is 1. The molecular weight excluding hydrogens is 356 g/mol. The summed E-state index contributed by atoms with van der Waals surface area (Å²) < 4.78 is 31.5. The Bertz CT molecular complexity index is 849. The summed E-state index contributed by atoms with van der Waals surface area (Å²) in [5.74, 6) is -1.18. The van der Waals surface area contributed by atoms with Crippen molar-refractivity contribution < 1.29 is 22.7 Å². The quantitative estimate of drug-likeness (QED) is 0.539. The molecule has 26 heavy (non-hydrogen) atoms. The standard InChI is InChI=1S/C18H20N2O5S/c1-25-18(22)13-17(21)20-15-7-9-16(10-8-15)26(23,24)19-12-11-14-5-3-2-4-6-14/h2-10,19H,11-13H2,1H3,(H,20,21). The molecule has 0 unspecified atom stereocenters. The van der Waals surface area contributed by atoms with Gasteiger partial charge in [0.1, 0.15) is 6.42 Å². The fraction of sp³-hybridized carbons (Fsp3) is 0.222. The predicted molar refractivity (Wildman–Crippen MR) is 97.0 cm³/mol. The number of ether oxygens (including phenoxy) is 1. The van der Waals surface area contributed by atoms with Gasteiger partial charge in [0.25, 0.3) is 0 Å². The third kappa shape index (κ3) is 5.98. The van der Waals surface area contributed by atoms with Crippen molar-refractivity contribution in [2.75, 3.05) is 19.0 Å². The molecule has 0 fully saturated rings. The summed E-state index contributed by atoms with van der Waals surface area (Å²) in [5.41, 5.74) is 1.43. The Morgan fingerprint density at radius 2 is 1.65 bits per heavy atom. The summed E-state index contributed by atoms with van der Waals surface area (Å²) in [7, 11) is -2.44. The van der Waals surface area contributed by atoms with E-state index in [4.69, 9.17) is 0 Å². The second kappa shape index (κ2) is 9.12. The van der Waals surface area contributed by atoms with Crippen LogP contribution in [0.5, 0.6) is 0 Å². The molecular formula is C18H20N2O5S. The molecule has 0 aliphatic heterocycles. The highest BCUT2D eigenvalue weighted by atomic mass is 32.2. The first kappa shape index (κ1) is 19.6. The van der Waals surface area contributed by atoms with Crippen LogP contribution in [0.1, 0.15) is 12.0 Å². The average molecular weight is 376 g/mol. The molecule has 0 bridgehead atoms. The fourth-order valence-corrected chi connectivity index (χ4v) is 3.22. The van der Waals surface area contributed by atoms with Gasteiger partial charge in [0.05, 0.1) is 12.0 Å². The van der Waals surface area contributed by atoms with E-state index in [1.165, 1.54) is 31.4 Å². The van der Waals surface area contributed by atoms with E-state index in [1.54, 1.807) is 0 Å². The van der Waals surface area contributed by atoms with Crippen LogP contribution in [0.2, 0.25) is 0 Å². The molecule has 0 radical (unpaired) electrons. The number of sulfonamides is 1.